The van der Waals surface area contributed by atoms with Crippen LogP contribution in [0.5, 0.6) is 11.5 Å². The van der Waals surface area contributed by atoms with E-state index >= 15 is 0 Å². The van der Waals surface area contributed by atoms with Gasteiger partial charge in [-0.3, -0.25) is 25.2 Å². The average Bonchev–Trinajstić information content (AvgIpc) is 2.82. The molecule has 1 atom stereocenters. The molecule has 0 saturated carbocycles. The lowest BCUT2D eigenvalue weighted by molar-refractivity contribution is -0.131. The number of benzene rings is 3. The molecule has 8 nitrogen and oxygen atoms in total. The Balaban J connectivity index is 1.41. The van der Waals surface area contributed by atoms with E-state index in [2.05, 4.69) is 16.2 Å². The highest BCUT2D eigenvalue weighted by atomic mass is 35.5. The van der Waals surface area contributed by atoms with Gasteiger partial charge in [0.05, 0.1) is 11.3 Å². The molecular formula is C23H17ClFN3O5. The van der Waals surface area contributed by atoms with Crippen LogP contribution in [0.1, 0.15) is 20.7 Å². The van der Waals surface area contributed by atoms with Gasteiger partial charge in [-0.15, -0.1) is 0 Å². The van der Waals surface area contributed by atoms with E-state index in [4.69, 9.17) is 21.1 Å². The fraction of sp³-hybridized carbons (Fsp3) is 0.0870. The minimum Gasteiger partial charge on any atom is -0.485 e. The highest BCUT2D eigenvalue weighted by molar-refractivity contribution is 6.31. The van der Waals surface area contributed by atoms with Gasteiger partial charge < -0.3 is 14.8 Å². The Morgan fingerprint density at radius 1 is 0.909 bits per heavy atom. The number of hydrogen-bond acceptors (Lipinski definition) is 5. The molecule has 3 aromatic carbocycles. The van der Waals surface area contributed by atoms with Gasteiger partial charge in [-0.1, -0.05) is 23.7 Å². The van der Waals surface area contributed by atoms with Gasteiger partial charge in [0.2, 0.25) is 6.10 Å². The molecule has 33 heavy (non-hydrogen) atoms. The number of fused-ring (bicyclic) bond motifs is 1. The van der Waals surface area contributed by atoms with E-state index in [-0.39, 0.29) is 28.4 Å². The maximum atomic E-state index is 13.1. The first-order valence-electron chi connectivity index (χ1n) is 9.76. The van der Waals surface area contributed by atoms with Crippen LogP contribution in [-0.4, -0.2) is 30.4 Å². The van der Waals surface area contributed by atoms with Crippen LogP contribution in [0, 0.1) is 5.82 Å². The van der Waals surface area contributed by atoms with Crippen LogP contribution in [0.25, 0.3) is 0 Å². The van der Waals surface area contributed by atoms with Gasteiger partial charge in [0.15, 0.2) is 11.5 Å². The van der Waals surface area contributed by atoms with Crippen LogP contribution in [0.4, 0.5) is 10.1 Å². The van der Waals surface area contributed by atoms with Crippen molar-refractivity contribution in [2.24, 2.45) is 0 Å². The van der Waals surface area contributed by atoms with Crippen molar-refractivity contribution in [2.75, 3.05) is 11.9 Å². The first-order valence-corrected chi connectivity index (χ1v) is 10.1. The smallest absolute Gasteiger partial charge is 0.283 e. The molecule has 1 aliphatic rings. The number of hydrogen-bond donors (Lipinski definition) is 3. The van der Waals surface area contributed by atoms with Gasteiger partial charge in [-0.05, 0) is 54.6 Å². The summed E-state index contributed by atoms with van der Waals surface area (Å²) < 4.78 is 24.2. The third kappa shape index (κ3) is 5.21. The average molecular weight is 470 g/mol. The molecule has 0 radical (unpaired) electrons. The molecule has 168 valence electrons. The zero-order valence-corrected chi connectivity index (χ0v) is 17.7. The number of rotatable bonds is 4. The van der Waals surface area contributed by atoms with E-state index < -0.39 is 29.6 Å². The predicted molar refractivity (Wildman–Crippen MR) is 118 cm³/mol. The molecule has 0 saturated heterocycles. The number of para-hydroxylation sites is 2. The zero-order chi connectivity index (χ0) is 23.4. The molecule has 1 aliphatic heterocycles. The van der Waals surface area contributed by atoms with E-state index in [0.29, 0.717) is 11.5 Å². The molecule has 0 bridgehead atoms. The first-order chi connectivity index (χ1) is 15.9. The summed E-state index contributed by atoms with van der Waals surface area (Å²) in [6.45, 7) is -0.0291. The number of carbonyl (C=O) groups excluding carboxylic acids is 3. The molecule has 0 aliphatic carbocycles. The lowest BCUT2D eigenvalue weighted by Gasteiger charge is -2.25. The van der Waals surface area contributed by atoms with Crippen molar-refractivity contribution in [1.82, 2.24) is 10.9 Å². The van der Waals surface area contributed by atoms with Gasteiger partial charge in [0, 0.05) is 10.6 Å². The number of amides is 3. The Labute approximate surface area is 192 Å². The number of carbonyl (C=O) groups is 3. The zero-order valence-electron chi connectivity index (χ0n) is 16.9. The number of hydrazine groups is 1. The van der Waals surface area contributed by atoms with E-state index in [1.165, 1.54) is 30.3 Å². The molecule has 0 fully saturated rings. The Morgan fingerprint density at radius 2 is 1.64 bits per heavy atom. The molecular weight excluding hydrogens is 453 g/mol. The number of halogens is 2. The van der Waals surface area contributed by atoms with E-state index in [1.54, 1.807) is 24.3 Å². The van der Waals surface area contributed by atoms with E-state index in [1.807, 2.05) is 0 Å². The summed E-state index contributed by atoms with van der Waals surface area (Å²) in [5, 5.41) is 2.84. The number of anilines is 1. The van der Waals surface area contributed by atoms with Crippen molar-refractivity contribution in [1.29, 1.82) is 0 Å². The molecule has 10 heteroatoms. The van der Waals surface area contributed by atoms with Crippen LogP contribution >= 0.6 is 11.6 Å². The minimum absolute atomic E-state index is 0.0291. The van der Waals surface area contributed by atoms with Crippen LogP contribution < -0.4 is 25.6 Å². The van der Waals surface area contributed by atoms with Gasteiger partial charge in [0.1, 0.15) is 12.4 Å². The highest BCUT2D eigenvalue weighted by Gasteiger charge is 2.28. The van der Waals surface area contributed by atoms with Crippen molar-refractivity contribution in [3.05, 3.63) is 88.7 Å². The Kier molecular flexibility index (Phi) is 6.41. The lowest BCUT2D eigenvalue weighted by Crippen LogP contribution is -2.50. The fourth-order valence-corrected chi connectivity index (χ4v) is 3.20. The summed E-state index contributed by atoms with van der Waals surface area (Å²) in [7, 11) is 0. The monoisotopic (exact) mass is 469 g/mol. The van der Waals surface area contributed by atoms with Crippen LogP contribution in [0.15, 0.2) is 66.7 Å². The van der Waals surface area contributed by atoms with Crippen LogP contribution in [0.3, 0.4) is 0 Å². The third-order valence-corrected chi connectivity index (χ3v) is 4.92. The van der Waals surface area contributed by atoms with E-state index in [9.17, 15) is 18.8 Å². The quantitative estimate of drug-likeness (QED) is 0.508. The van der Waals surface area contributed by atoms with Gasteiger partial charge in [-0.2, -0.15) is 0 Å². The number of ether oxygens (including phenoxy) is 2. The lowest BCUT2D eigenvalue weighted by atomic mass is 10.1. The SMILES string of the molecule is O=C(Nc1cc(Cl)ccc1C(=O)NNC(=O)C1COc2ccccc2O1)c1ccc(F)cc1. The molecule has 0 aromatic heterocycles. The maximum absolute atomic E-state index is 13.1. The third-order valence-electron chi connectivity index (χ3n) is 4.68. The van der Waals surface area contributed by atoms with Crippen molar-refractivity contribution < 1.29 is 28.2 Å². The Morgan fingerprint density at radius 3 is 2.39 bits per heavy atom. The Hall–Kier alpha value is -4.11. The molecule has 1 unspecified atom stereocenters. The van der Waals surface area contributed by atoms with Crippen LogP contribution in [0.2, 0.25) is 5.02 Å². The van der Waals surface area contributed by atoms with Gasteiger partial charge in [0.25, 0.3) is 17.7 Å². The van der Waals surface area contributed by atoms with Crippen molar-refractivity contribution in [2.45, 2.75) is 6.10 Å². The first kappa shape index (κ1) is 22.1. The van der Waals surface area contributed by atoms with Crippen molar-refractivity contribution in [3.8, 4) is 11.5 Å². The summed E-state index contributed by atoms with van der Waals surface area (Å²) in [5.41, 5.74) is 4.90. The second kappa shape index (κ2) is 9.58. The fourth-order valence-electron chi connectivity index (χ4n) is 3.03. The summed E-state index contributed by atoms with van der Waals surface area (Å²) in [4.78, 5) is 37.6. The molecule has 3 amide bonds. The van der Waals surface area contributed by atoms with Crippen LogP contribution in [-0.2, 0) is 4.79 Å². The molecule has 3 N–H and O–H groups in total. The normalized spacial score (nSPS) is 14.2. The highest BCUT2D eigenvalue weighted by Crippen LogP contribution is 2.30. The second-order valence-corrected chi connectivity index (χ2v) is 7.39. The largest absolute Gasteiger partial charge is 0.485 e. The van der Waals surface area contributed by atoms with E-state index in [0.717, 1.165) is 12.1 Å². The minimum atomic E-state index is -0.969. The summed E-state index contributed by atoms with van der Waals surface area (Å²) >= 11 is 6.01. The summed E-state index contributed by atoms with van der Waals surface area (Å²) in [6.07, 6.45) is -0.969. The molecule has 3 aromatic rings. The molecule has 4 rings (SSSR count). The topological polar surface area (TPSA) is 106 Å². The van der Waals surface area contributed by atoms with Gasteiger partial charge >= 0.3 is 0 Å². The second-order valence-electron chi connectivity index (χ2n) is 6.96. The number of nitrogens with one attached hydrogen (secondary N) is 3. The standard InChI is InChI=1S/C23H17ClFN3O5/c24-14-7-10-16(17(11-14)26-21(29)13-5-8-15(25)9-6-13)22(30)27-28-23(31)20-12-32-18-3-1-2-4-19(18)33-20/h1-11,20H,12H2,(H,26,29)(H,27,30)(H,28,31). The van der Waals surface area contributed by atoms with Crippen molar-refractivity contribution >= 4 is 35.0 Å². The summed E-state index contributed by atoms with van der Waals surface area (Å²) in [6, 6.07) is 16.0. The molecule has 0 spiro atoms. The van der Waals surface area contributed by atoms with Crippen molar-refractivity contribution in [3.63, 3.8) is 0 Å². The summed E-state index contributed by atoms with van der Waals surface area (Å²) in [5.74, 6) is -1.44. The van der Waals surface area contributed by atoms with Gasteiger partial charge in [-0.25, -0.2) is 4.39 Å². The Bertz CT molecular complexity index is 1220. The predicted octanol–water partition coefficient (Wildman–Crippen LogP) is 3.33. The molecule has 1 heterocycles. The maximum Gasteiger partial charge on any atom is 0.283 e.